The quantitative estimate of drug-likeness (QED) is 0.805. The van der Waals surface area contributed by atoms with E-state index in [4.69, 9.17) is 5.11 Å². The number of carboxylic acid groups (broad SMARTS) is 1. The summed E-state index contributed by atoms with van der Waals surface area (Å²) in [6.45, 7) is 3.81. The van der Waals surface area contributed by atoms with Crippen LogP contribution in [0.2, 0.25) is 0 Å². The Morgan fingerprint density at radius 2 is 1.76 bits per heavy atom. The molecule has 1 aromatic carbocycles. The second kappa shape index (κ2) is 7.67. The molecule has 1 amide bonds. The van der Waals surface area contributed by atoms with Crippen LogP contribution >= 0.6 is 0 Å². The van der Waals surface area contributed by atoms with Gasteiger partial charge in [-0.25, -0.2) is 0 Å². The van der Waals surface area contributed by atoms with E-state index in [2.05, 4.69) is 5.32 Å². The van der Waals surface area contributed by atoms with Gasteiger partial charge < -0.3 is 15.3 Å². The number of carboxylic acids is 1. The molecule has 116 valence electrons. The molecular formula is C16H24N2O3. The van der Waals surface area contributed by atoms with Crippen molar-refractivity contribution in [1.29, 1.82) is 0 Å². The standard InChI is InChI=1S/C16H24N2O3/c1-11(2)14(10-16(20)21)17-15(19)9-12-5-7-13(8-6-12)18(3)4/h5-8,11,14H,9-10H2,1-4H3,(H,17,19)(H,20,21). The van der Waals surface area contributed by atoms with Gasteiger partial charge in [-0.1, -0.05) is 26.0 Å². The molecule has 0 aliphatic carbocycles. The van der Waals surface area contributed by atoms with Gasteiger partial charge in [-0.3, -0.25) is 9.59 Å². The van der Waals surface area contributed by atoms with Crippen LogP contribution in [0.5, 0.6) is 0 Å². The number of aliphatic carboxylic acids is 1. The molecule has 0 bridgehead atoms. The van der Waals surface area contributed by atoms with Gasteiger partial charge in [0.25, 0.3) is 0 Å². The maximum absolute atomic E-state index is 12.0. The summed E-state index contributed by atoms with van der Waals surface area (Å²) in [5.74, 6) is -0.960. The van der Waals surface area contributed by atoms with Gasteiger partial charge in [-0.2, -0.15) is 0 Å². The Morgan fingerprint density at radius 3 is 2.19 bits per heavy atom. The molecule has 0 aliphatic heterocycles. The number of hydrogen-bond acceptors (Lipinski definition) is 3. The van der Waals surface area contributed by atoms with E-state index in [9.17, 15) is 9.59 Å². The molecule has 0 saturated carbocycles. The van der Waals surface area contributed by atoms with Crippen molar-refractivity contribution in [2.75, 3.05) is 19.0 Å². The third-order valence-corrected chi connectivity index (χ3v) is 3.36. The monoisotopic (exact) mass is 292 g/mol. The van der Waals surface area contributed by atoms with Crippen LogP contribution in [-0.4, -0.2) is 37.1 Å². The fourth-order valence-electron chi connectivity index (χ4n) is 2.00. The largest absolute Gasteiger partial charge is 0.481 e. The first-order valence-corrected chi connectivity index (χ1v) is 7.07. The summed E-state index contributed by atoms with van der Waals surface area (Å²) < 4.78 is 0. The minimum absolute atomic E-state index is 0.0526. The minimum atomic E-state index is -0.899. The SMILES string of the molecule is CC(C)C(CC(=O)O)NC(=O)Cc1ccc(N(C)C)cc1. The number of anilines is 1. The van der Waals surface area contributed by atoms with Crippen LogP contribution in [0.15, 0.2) is 24.3 Å². The second-order valence-corrected chi connectivity index (χ2v) is 5.75. The molecule has 0 aliphatic rings. The van der Waals surface area contributed by atoms with Crippen LogP contribution in [0.3, 0.4) is 0 Å². The highest BCUT2D eigenvalue weighted by molar-refractivity contribution is 5.79. The first-order valence-electron chi connectivity index (χ1n) is 7.07. The lowest BCUT2D eigenvalue weighted by molar-refractivity contribution is -0.138. The zero-order chi connectivity index (χ0) is 16.0. The number of nitrogens with zero attached hydrogens (tertiary/aromatic N) is 1. The summed E-state index contributed by atoms with van der Waals surface area (Å²) in [6, 6.07) is 7.41. The minimum Gasteiger partial charge on any atom is -0.481 e. The van der Waals surface area contributed by atoms with Crippen molar-refractivity contribution in [3.63, 3.8) is 0 Å². The normalized spacial score (nSPS) is 12.0. The van der Waals surface area contributed by atoms with Crippen LogP contribution in [0.4, 0.5) is 5.69 Å². The van der Waals surface area contributed by atoms with Crippen LogP contribution in [-0.2, 0) is 16.0 Å². The van der Waals surface area contributed by atoms with Crippen molar-refractivity contribution in [2.24, 2.45) is 5.92 Å². The number of carbonyl (C=O) groups excluding carboxylic acids is 1. The molecule has 1 aromatic rings. The fourth-order valence-corrected chi connectivity index (χ4v) is 2.00. The molecule has 0 heterocycles. The summed E-state index contributed by atoms with van der Waals surface area (Å²) in [6.07, 6.45) is 0.208. The predicted molar refractivity (Wildman–Crippen MR) is 83.5 cm³/mol. The Balaban J connectivity index is 2.61. The number of amides is 1. The highest BCUT2D eigenvalue weighted by atomic mass is 16.4. The number of benzene rings is 1. The van der Waals surface area contributed by atoms with E-state index in [1.165, 1.54) is 0 Å². The lowest BCUT2D eigenvalue weighted by Gasteiger charge is -2.20. The molecule has 0 radical (unpaired) electrons. The van der Waals surface area contributed by atoms with Gasteiger partial charge in [0.1, 0.15) is 0 Å². The predicted octanol–water partition coefficient (Wildman–Crippen LogP) is 1.91. The van der Waals surface area contributed by atoms with Crippen molar-refractivity contribution < 1.29 is 14.7 Å². The Kier molecular flexibility index (Phi) is 6.21. The molecule has 21 heavy (non-hydrogen) atoms. The highest BCUT2D eigenvalue weighted by Crippen LogP contribution is 2.13. The number of hydrogen-bond donors (Lipinski definition) is 2. The smallest absolute Gasteiger partial charge is 0.305 e. The van der Waals surface area contributed by atoms with Gasteiger partial charge in [0.15, 0.2) is 0 Å². The zero-order valence-electron chi connectivity index (χ0n) is 13.1. The van der Waals surface area contributed by atoms with Crippen LogP contribution in [0, 0.1) is 5.92 Å². The molecule has 1 atom stereocenters. The van der Waals surface area contributed by atoms with Crippen LogP contribution in [0.1, 0.15) is 25.8 Å². The van der Waals surface area contributed by atoms with Gasteiger partial charge in [-0.15, -0.1) is 0 Å². The summed E-state index contributed by atoms with van der Waals surface area (Å²) in [5.41, 5.74) is 1.99. The summed E-state index contributed by atoms with van der Waals surface area (Å²) in [4.78, 5) is 24.8. The maximum Gasteiger partial charge on any atom is 0.305 e. The van der Waals surface area contributed by atoms with E-state index in [0.717, 1.165) is 11.3 Å². The Bertz CT molecular complexity index is 481. The second-order valence-electron chi connectivity index (χ2n) is 5.75. The van der Waals surface area contributed by atoms with E-state index in [0.29, 0.717) is 0 Å². The van der Waals surface area contributed by atoms with Gasteiger partial charge in [0, 0.05) is 25.8 Å². The third-order valence-electron chi connectivity index (χ3n) is 3.36. The topological polar surface area (TPSA) is 69.6 Å². The van der Waals surface area contributed by atoms with Crippen molar-refractivity contribution in [3.8, 4) is 0 Å². The number of rotatable bonds is 7. The van der Waals surface area contributed by atoms with E-state index in [1.807, 2.05) is 57.1 Å². The average Bonchev–Trinajstić information content (AvgIpc) is 2.37. The van der Waals surface area contributed by atoms with Gasteiger partial charge in [0.05, 0.1) is 12.8 Å². The first kappa shape index (κ1) is 17.0. The molecule has 1 unspecified atom stereocenters. The van der Waals surface area contributed by atoms with Gasteiger partial charge in [-0.05, 0) is 23.6 Å². The molecule has 0 spiro atoms. The Hall–Kier alpha value is -2.04. The zero-order valence-corrected chi connectivity index (χ0v) is 13.1. The van der Waals surface area contributed by atoms with Crippen molar-refractivity contribution in [1.82, 2.24) is 5.32 Å². The fraction of sp³-hybridized carbons (Fsp3) is 0.500. The summed E-state index contributed by atoms with van der Waals surface area (Å²) in [7, 11) is 3.92. The van der Waals surface area contributed by atoms with E-state index >= 15 is 0 Å². The first-order chi connectivity index (χ1) is 9.79. The Labute approximate surface area is 126 Å². The average molecular weight is 292 g/mol. The van der Waals surface area contributed by atoms with Crippen molar-refractivity contribution in [2.45, 2.75) is 32.7 Å². The van der Waals surface area contributed by atoms with Crippen LogP contribution < -0.4 is 10.2 Å². The number of nitrogens with one attached hydrogen (secondary N) is 1. The van der Waals surface area contributed by atoms with Gasteiger partial charge in [0.2, 0.25) is 5.91 Å². The maximum atomic E-state index is 12.0. The molecule has 2 N–H and O–H groups in total. The van der Waals surface area contributed by atoms with E-state index in [-0.39, 0.29) is 30.7 Å². The molecule has 0 saturated heterocycles. The third kappa shape index (κ3) is 5.85. The van der Waals surface area contributed by atoms with Crippen molar-refractivity contribution in [3.05, 3.63) is 29.8 Å². The molecule has 0 aromatic heterocycles. The van der Waals surface area contributed by atoms with Gasteiger partial charge >= 0.3 is 5.97 Å². The molecule has 5 nitrogen and oxygen atoms in total. The highest BCUT2D eigenvalue weighted by Gasteiger charge is 2.19. The summed E-state index contributed by atoms with van der Waals surface area (Å²) >= 11 is 0. The Morgan fingerprint density at radius 1 is 1.19 bits per heavy atom. The lowest BCUT2D eigenvalue weighted by Crippen LogP contribution is -2.40. The molecule has 5 heteroatoms. The number of carbonyl (C=O) groups is 2. The molecular weight excluding hydrogens is 268 g/mol. The summed E-state index contributed by atoms with van der Waals surface area (Å²) in [5, 5.41) is 11.7. The molecule has 0 fully saturated rings. The van der Waals surface area contributed by atoms with Crippen molar-refractivity contribution >= 4 is 17.6 Å². The van der Waals surface area contributed by atoms with E-state index in [1.54, 1.807) is 0 Å². The lowest BCUT2D eigenvalue weighted by atomic mass is 10.0. The van der Waals surface area contributed by atoms with E-state index < -0.39 is 5.97 Å². The van der Waals surface area contributed by atoms with Crippen LogP contribution in [0.25, 0.3) is 0 Å². The molecule has 1 rings (SSSR count).